The van der Waals surface area contributed by atoms with Gasteiger partial charge in [0, 0.05) is 18.2 Å². The number of nitrogens with one attached hydrogen (secondary N) is 1. The quantitative estimate of drug-likeness (QED) is 0.237. The predicted octanol–water partition coefficient (Wildman–Crippen LogP) is 6.27. The highest BCUT2D eigenvalue weighted by Gasteiger charge is 2.33. The number of ether oxygens (including phenoxy) is 2. The molecule has 0 saturated heterocycles. The molecule has 28 heavy (non-hydrogen) atoms. The Bertz CT molecular complexity index is 905. The van der Waals surface area contributed by atoms with Crippen molar-refractivity contribution in [3.63, 3.8) is 0 Å². The summed E-state index contributed by atoms with van der Waals surface area (Å²) in [7, 11) is 0. The summed E-state index contributed by atoms with van der Waals surface area (Å²) in [5, 5.41) is 7.50. The maximum atomic E-state index is 11.5. The van der Waals surface area contributed by atoms with Crippen molar-refractivity contribution in [1.29, 1.82) is 0 Å². The molecular formula is C19H18Cl2N2O4S. The van der Waals surface area contributed by atoms with Crippen LogP contribution in [0.4, 0.5) is 10.5 Å². The van der Waals surface area contributed by atoms with E-state index in [2.05, 4.69) is 10.5 Å². The van der Waals surface area contributed by atoms with Crippen LogP contribution in [0.3, 0.4) is 0 Å². The first kappa shape index (κ1) is 20.6. The summed E-state index contributed by atoms with van der Waals surface area (Å²) in [6, 6.07) is 10.7. The zero-order chi connectivity index (χ0) is 20.1. The SMILES string of the molecule is CC1(C)OC(=O)Nc2ccc(OCCC=NOSc3ccc(Cl)c(Cl)c3)cc21. The molecule has 1 aliphatic heterocycles. The molecule has 0 aliphatic carbocycles. The average Bonchev–Trinajstić information content (AvgIpc) is 2.63. The Morgan fingerprint density at radius 2 is 2.04 bits per heavy atom. The topological polar surface area (TPSA) is 69.2 Å². The number of nitrogens with zero attached hydrogens (tertiary/aromatic N) is 1. The molecule has 9 heteroatoms. The highest BCUT2D eigenvalue weighted by molar-refractivity contribution is 7.94. The first-order valence-electron chi connectivity index (χ1n) is 8.43. The minimum Gasteiger partial charge on any atom is -0.493 e. The molecule has 3 rings (SSSR count). The lowest BCUT2D eigenvalue weighted by Crippen LogP contribution is -2.34. The number of carbonyl (C=O) groups is 1. The summed E-state index contributed by atoms with van der Waals surface area (Å²) < 4.78 is 16.2. The van der Waals surface area contributed by atoms with Gasteiger partial charge in [0.05, 0.1) is 27.2 Å². The normalized spacial score (nSPS) is 14.9. The fourth-order valence-corrected chi connectivity index (χ4v) is 3.39. The minimum absolute atomic E-state index is 0.427. The zero-order valence-corrected chi connectivity index (χ0v) is 17.5. The van der Waals surface area contributed by atoms with Gasteiger partial charge < -0.3 is 13.8 Å². The summed E-state index contributed by atoms with van der Waals surface area (Å²) in [4.78, 5) is 12.3. The van der Waals surface area contributed by atoms with Crippen LogP contribution in [0.25, 0.3) is 0 Å². The second kappa shape index (κ2) is 8.94. The summed E-state index contributed by atoms with van der Waals surface area (Å²) >= 11 is 12.9. The van der Waals surface area contributed by atoms with Crippen molar-refractivity contribution in [2.75, 3.05) is 11.9 Å². The molecule has 1 aliphatic rings. The van der Waals surface area contributed by atoms with Gasteiger partial charge in [-0.2, -0.15) is 0 Å². The van der Waals surface area contributed by atoms with Crippen molar-refractivity contribution in [1.82, 2.24) is 0 Å². The molecule has 0 spiro atoms. The van der Waals surface area contributed by atoms with Crippen molar-refractivity contribution < 1.29 is 18.6 Å². The lowest BCUT2D eigenvalue weighted by molar-refractivity contribution is 0.0418. The van der Waals surface area contributed by atoms with Crippen molar-refractivity contribution in [3.8, 4) is 5.75 Å². The number of fused-ring (bicyclic) bond motifs is 1. The van der Waals surface area contributed by atoms with Crippen molar-refractivity contribution >= 4 is 53.2 Å². The Kier molecular flexibility index (Phi) is 6.59. The number of oxime groups is 1. The van der Waals surface area contributed by atoms with Gasteiger partial charge in [-0.1, -0.05) is 28.4 Å². The lowest BCUT2D eigenvalue weighted by Gasteiger charge is -2.32. The smallest absolute Gasteiger partial charge is 0.412 e. The molecule has 1 heterocycles. The predicted molar refractivity (Wildman–Crippen MR) is 112 cm³/mol. The average molecular weight is 441 g/mol. The summed E-state index contributed by atoms with van der Waals surface area (Å²) in [5.41, 5.74) is 0.871. The first-order valence-corrected chi connectivity index (χ1v) is 9.93. The zero-order valence-electron chi connectivity index (χ0n) is 15.2. The third-order valence-corrected chi connectivity index (χ3v) is 5.23. The van der Waals surface area contributed by atoms with Crippen LogP contribution in [0.2, 0.25) is 10.0 Å². The van der Waals surface area contributed by atoms with Gasteiger partial charge in [-0.05, 0) is 50.2 Å². The van der Waals surface area contributed by atoms with Crippen LogP contribution in [-0.2, 0) is 14.6 Å². The molecular weight excluding hydrogens is 423 g/mol. The molecule has 0 saturated carbocycles. The molecule has 2 aromatic rings. The van der Waals surface area contributed by atoms with Gasteiger partial charge in [-0.3, -0.25) is 5.32 Å². The monoisotopic (exact) mass is 440 g/mol. The fourth-order valence-electron chi connectivity index (χ4n) is 2.55. The number of anilines is 1. The molecule has 1 amide bonds. The molecule has 0 unspecified atom stereocenters. The van der Waals surface area contributed by atoms with E-state index in [1.54, 1.807) is 36.5 Å². The second-order valence-electron chi connectivity index (χ2n) is 6.39. The molecule has 0 aromatic heterocycles. The van der Waals surface area contributed by atoms with E-state index in [0.717, 1.165) is 28.2 Å². The number of benzene rings is 2. The number of halogens is 2. The van der Waals surface area contributed by atoms with Crippen molar-refractivity contribution in [2.24, 2.45) is 5.16 Å². The Balaban J connectivity index is 1.45. The molecule has 0 atom stereocenters. The molecule has 148 valence electrons. The molecule has 0 radical (unpaired) electrons. The van der Waals surface area contributed by atoms with Crippen molar-refractivity contribution in [3.05, 3.63) is 52.0 Å². The van der Waals surface area contributed by atoms with Gasteiger partial charge in [0.25, 0.3) is 0 Å². The van der Waals surface area contributed by atoms with Gasteiger partial charge in [-0.25, -0.2) is 4.79 Å². The van der Waals surface area contributed by atoms with E-state index in [1.807, 2.05) is 19.9 Å². The number of hydrogen-bond donors (Lipinski definition) is 1. The van der Waals surface area contributed by atoms with E-state index < -0.39 is 11.7 Å². The Morgan fingerprint density at radius 1 is 1.21 bits per heavy atom. The van der Waals surface area contributed by atoms with Gasteiger partial charge in [-0.15, -0.1) is 0 Å². The molecule has 2 aromatic carbocycles. The van der Waals surface area contributed by atoms with Crippen LogP contribution in [0.15, 0.2) is 46.4 Å². The van der Waals surface area contributed by atoms with E-state index in [1.165, 1.54) is 0 Å². The maximum Gasteiger partial charge on any atom is 0.412 e. The highest BCUT2D eigenvalue weighted by Crippen LogP contribution is 2.37. The Hall–Kier alpha value is -2.09. The number of rotatable bonds is 7. The van der Waals surface area contributed by atoms with E-state index >= 15 is 0 Å². The van der Waals surface area contributed by atoms with Crippen LogP contribution < -0.4 is 10.1 Å². The molecule has 0 fully saturated rings. The summed E-state index contributed by atoms with van der Waals surface area (Å²) in [5.74, 6) is 0.686. The third-order valence-electron chi connectivity index (χ3n) is 3.88. The first-order chi connectivity index (χ1) is 13.3. The number of amides is 1. The van der Waals surface area contributed by atoms with E-state index in [4.69, 9.17) is 37.0 Å². The van der Waals surface area contributed by atoms with Crippen LogP contribution in [-0.4, -0.2) is 18.9 Å². The van der Waals surface area contributed by atoms with Crippen molar-refractivity contribution in [2.45, 2.75) is 30.8 Å². The highest BCUT2D eigenvalue weighted by atomic mass is 35.5. The van der Waals surface area contributed by atoms with Gasteiger partial charge in [0.1, 0.15) is 23.4 Å². The van der Waals surface area contributed by atoms with Gasteiger partial charge in [0.15, 0.2) is 0 Å². The fraction of sp³-hybridized carbons (Fsp3) is 0.263. The largest absolute Gasteiger partial charge is 0.493 e. The van der Waals surface area contributed by atoms with Crippen LogP contribution in [0.5, 0.6) is 5.75 Å². The number of carbonyl (C=O) groups excluding carboxylic acids is 1. The minimum atomic E-state index is -0.714. The van der Waals surface area contributed by atoms with Gasteiger partial charge in [0.2, 0.25) is 0 Å². The molecule has 6 nitrogen and oxygen atoms in total. The second-order valence-corrected chi connectivity index (χ2v) is 7.99. The third kappa shape index (κ3) is 5.25. The van der Waals surface area contributed by atoms with E-state index in [-0.39, 0.29) is 0 Å². The summed E-state index contributed by atoms with van der Waals surface area (Å²) in [6.45, 7) is 4.10. The van der Waals surface area contributed by atoms with Gasteiger partial charge >= 0.3 is 6.09 Å². The van der Waals surface area contributed by atoms with E-state index in [0.29, 0.717) is 28.8 Å². The Labute approximate surface area is 177 Å². The standard InChI is InChI=1S/C19H18Cl2N2O4S/c1-19(2)14-10-12(4-7-17(14)23-18(24)26-19)25-9-3-8-22-27-28-13-5-6-15(20)16(21)11-13/h4-8,10-11H,3,9H2,1-2H3,(H,23,24). The van der Waals surface area contributed by atoms with Crippen LogP contribution in [0, 0.1) is 0 Å². The lowest BCUT2D eigenvalue weighted by atomic mass is 9.94. The molecule has 1 N–H and O–H groups in total. The van der Waals surface area contributed by atoms with Crippen LogP contribution in [0.1, 0.15) is 25.8 Å². The summed E-state index contributed by atoms with van der Waals surface area (Å²) in [6.07, 6.45) is 1.73. The maximum absolute atomic E-state index is 11.5. The molecule has 0 bridgehead atoms. The number of hydrogen-bond acceptors (Lipinski definition) is 6. The van der Waals surface area contributed by atoms with Crippen LogP contribution >= 0.6 is 35.2 Å². The number of cyclic esters (lactones) is 1. The van der Waals surface area contributed by atoms with E-state index in [9.17, 15) is 4.79 Å². The Morgan fingerprint density at radius 3 is 2.82 bits per heavy atom.